The van der Waals surface area contributed by atoms with Crippen molar-refractivity contribution in [3.8, 4) is 0 Å². The maximum absolute atomic E-state index is 10.8. The van der Waals surface area contributed by atoms with Gasteiger partial charge in [-0.25, -0.2) is 4.79 Å². The van der Waals surface area contributed by atoms with Crippen LogP contribution in [0.15, 0.2) is 15.4 Å². The molecule has 1 aliphatic carbocycles. The van der Waals surface area contributed by atoms with Gasteiger partial charge in [0.1, 0.15) is 0 Å². The molecule has 2 heterocycles. The molecule has 1 aromatic heterocycles. The third-order valence-corrected chi connectivity index (χ3v) is 4.50. The first-order valence-corrected chi connectivity index (χ1v) is 6.28. The highest BCUT2D eigenvalue weighted by atomic mass is 32.2. The Morgan fingerprint density at radius 2 is 2.38 bits per heavy atom. The average molecular weight is 239 g/mol. The SMILES string of the molecule is CN1CC(C2CC2)Sc2cc(C(=O)O)oc21. The normalized spacial score (nSPS) is 24.3. The largest absolute Gasteiger partial charge is 0.475 e. The Balaban J connectivity index is 1.91. The zero-order chi connectivity index (χ0) is 11.3. The summed E-state index contributed by atoms with van der Waals surface area (Å²) in [6, 6.07) is 1.65. The molecule has 1 N–H and O–H groups in total. The van der Waals surface area contributed by atoms with Gasteiger partial charge < -0.3 is 14.4 Å². The van der Waals surface area contributed by atoms with E-state index in [1.165, 1.54) is 12.8 Å². The molecule has 0 amide bonds. The quantitative estimate of drug-likeness (QED) is 0.858. The topological polar surface area (TPSA) is 53.7 Å². The van der Waals surface area contributed by atoms with Gasteiger partial charge in [-0.3, -0.25) is 0 Å². The average Bonchev–Trinajstić information content (AvgIpc) is 2.97. The number of carboxylic acids is 1. The fraction of sp³-hybridized carbons (Fsp3) is 0.545. The number of hydrogen-bond donors (Lipinski definition) is 1. The standard InChI is InChI=1S/C11H13NO3S/c1-12-5-9(6-2-3-6)16-8-4-7(11(13)14)15-10(8)12/h4,6,9H,2-3,5H2,1H3,(H,13,14). The summed E-state index contributed by atoms with van der Waals surface area (Å²) in [6.45, 7) is 0.953. The molecule has 2 aliphatic rings. The van der Waals surface area contributed by atoms with Crippen LogP contribution in [0.5, 0.6) is 0 Å². The third-order valence-electron chi connectivity index (χ3n) is 3.12. The van der Waals surface area contributed by atoms with Gasteiger partial charge in [0.15, 0.2) is 0 Å². The Bertz CT molecular complexity index is 438. The predicted octanol–water partition coefficient (Wildman–Crippen LogP) is 2.30. The van der Waals surface area contributed by atoms with Crippen molar-refractivity contribution in [1.29, 1.82) is 0 Å². The van der Waals surface area contributed by atoms with Crippen molar-refractivity contribution in [2.45, 2.75) is 23.0 Å². The summed E-state index contributed by atoms with van der Waals surface area (Å²) < 4.78 is 5.33. The molecule has 0 bridgehead atoms. The van der Waals surface area contributed by atoms with Crippen molar-refractivity contribution in [2.24, 2.45) is 5.92 Å². The zero-order valence-electron chi connectivity index (χ0n) is 8.97. The smallest absolute Gasteiger partial charge is 0.371 e. The molecule has 86 valence electrons. The van der Waals surface area contributed by atoms with Crippen LogP contribution >= 0.6 is 11.8 Å². The van der Waals surface area contributed by atoms with E-state index in [2.05, 4.69) is 0 Å². The Labute approximate surface area is 97.6 Å². The van der Waals surface area contributed by atoms with Gasteiger partial charge in [-0.05, 0) is 18.8 Å². The molecule has 1 unspecified atom stereocenters. The summed E-state index contributed by atoms with van der Waals surface area (Å²) in [5.41, 5.74) is 0. The molecule has 5 heteroatoms. The second-order valence-corrected chi connectivity index (χ2v) is 5.74. The molecule has 4 nitrogen and oxygen atoms in total. The second kappa shape index (κ2) is 3.45. The van der Waals surface area contributed by atoms with Crippen LogP contribution in [0.1, 0.15) is 23.4 Å². The van der Waals surface area contributed by atoms with E-state index in [1.807, 2.05) is 11.9 Å². The van der Waals surface area contributed by atoms with Crippen LogP contribution in [-0.2, 0) is 0 Å². The molecule has 1 fully saturated rings. The van der Waals surface area contributed by atoms with Crippen LogP contribution in [0, 0.1) is 5.92 Å². The summed E-state index contributed by atoms with van der Waals surface area (Å²) in [4.78, 5) is 13.8. The summed E-state index contributed by atoms with van der Waals surface area (Å²) >= 11 is 1.77. The molecule has 0 spiro atoms. The summed E-state index contributed by atoms with van der Waals surface area (Å²) in [7, 11) is 1.96. The van der Waals surface area contributed by atoms with Gasteiger partial charge in [0.25, 0.3) is 0 Å². The lowest BCUT2D eigenvalue weighted by Gasteiger charge is -2.29. The fourth-order valence-electron chi connectivity index (χ4n) is 2.09. The molecule has 1 aromatic rings. The first-order chi connectivity index (χ1) is 7.65. The molecule has 0 saturated heterocycles. The van der Waals surface area contributed by atoms with E-state index in [1.54, 1.807) is 17.8 Å². The van der Waals surface area contributed by atoms with Gasteiger partial charge in [0.05, 0.1) is 4.90 Å². The number of carboxylic acid groups (broad SMARTS) is 1. The molecule has 0 aromatic carbocycles. The van der Waals surface area contributed by atoms with Gasteiger partial charge in [0, 0.05) is 24.9 Å². The van der Waals surface area contributed by atoms with E-state index in [9.17, 15) is 4.79 Å². The molecule has 16 heavy (non-hydrogen) atoms. The second-order valence-electron chi connectivity index (χ2n) is 4.46. The number of carbonyl (C=O) groups is 1. The maximum atomic E-state index is 10.8. The fourth-order valence-corrected chi connectivity index (χ4v) is 3.65. The molecule has 0 radical (unpaired) electrons. The van der Waals surface area contributed by atoms with Gasteiger partial charge >= 0.3 is 5.97 Å². The van der Waals surface area contributed by atoms with Crippen LogP contribution in [0.2, 0.25) is 0 Å². The molecule has 1 atom stereocenters. The maximum Gasteiger partial charge on any atom is 0.371 e. The minimum Gasteiger partial charge on any atom is -0.475 e. The Hall–Kier alpha value is -1.10. The summed E-state index contributed by atoms with van der Waals surface area (Å²) in [5.74, 6) is 0.565. The van der Waals surface area contributed by atoms with Gasteiger partial charge in [-0.15, -0.1) is 11.8 Å². The van der Waals surface area contributed by atoms with Crippen molar-refractivity contribution in [2.75, 3.05) is 18.5 Å². The lowest BCUT2D eigenvalue weighted by molar-refractivity contribution is 0.0663. The number of thioether (sulfide) groups is 1. The monoisotopic (exact) mass is 239 g/mol. The predicted molar refractivity (Wildman–Crippen MR) is 61.3 cm³/mol. The highest BCUT2D eigenvalue weighted by molar-refractivity contribution is 8.00. The number of nitrogens with zero attached hydrogens (tertiary/aromatic N) is 1. The summed E-state index contributed by atoms with van der Waals surface area (Å²) in [6.07, 6.45) is 2.62. The van der Waals surface area contributed by atoms with E-state index in [-0.39, 0.29) is 5.76 Å². The highest BCUT2D eigenvalue weighted by Crippen LogP contribution is 2.48. The minimum atomic E-state index is -0.994. The van der Waals surface area contributed by atoms with Crippen molar-refractivity contribution >= 4 is 23.6 Å². The number of rotatable bonds is 2. The molecular weight excluding hydrogens is 226 g/mol. The minimum absolute atomic E-state index is 0.0424. The number of anilines is 1. The first kappa shape index (κ1) is 10.1. The van der Waals surface area contributed by atoms with Gasteiger partial charge in [-0.2, -0.15) is 0 Å². The van der Waals surface area contributed by atoms with Gasteiger partial charge in [0.2, 0.25) is 11.6 Å². The van der Waals surface area contributed by atoms with Crippen LogP contribution in [-0.4, -0.2) is 29.9 Å². The number of aromatic carboxylic acids is 1. The highest BCUT2D eigenvalue weighted by Gasteiger charge is 2.37. The van der Waals surface area contributed by atoms with E-state index in [0.29, 0.717) is 11.1 Å². The number of fused-ring (bicyclic) bond motifs is 1. The number of furan rings is 1. The van der Waals surface area contributed by atoms with Crippen molar-refractivity contribution in [3.63, 3.8) is 0 Å². The number of hydrogen-bond acceptors (Lipinski definition) is 4. The van der Waals surface area contributed by atoms with Crippen molar-refractivity contribution in [1.82, 2.24) is 0 Å². The van der Waals surface area contributed by atoms with Crippen LogP contribution < -0.4 is 4.90 Å². The van der Waals surface area contributed by atoms with E-state index in [0.717, 1.165) is 17.4 Å². The van der Waals surface area contributed by atoms with Gasteiger partial charge in [-0.1, -0.05) is 0 Å². The summed E-state index contributed by atoms with van der Waals surface area (Å²) in [5, 5.41) is 9.48. The molecule has 1 saturated carbocycles. The Kier molecular flexibility index (Phi) is 2.17. The zero-order valence-corrected chi connectivity index (χ0v) is 9.79. The first-order valence-electron chi connectivity index (χ1n) is 5.40. The lowest BCUT2D eigenvalue weighted by atomic mass is 10.2. The lowest BCUT2D eigenvalue weighted by Crippen LogP contribution is -2.31. The third kappa shape index (κ3) is 1.59. The van der Waals surface area contributed by atoms with Crippen molar-refractivity contribution in [3.05, 3.63) is 11.8 Å². The van der Waals surface area contributed by atoms with Crippen LogP contribution in [0.4, 0.5) is 5.88 Å². The van der Waals surface area contributed by atoms with Crippen LogP contribution in [0.3, 0.4) is 0 Å². The Morgan fingerprint density at radius 3 is 3.00 bits per heavy atom. The Morgan fingerprint density at radius 1 is 1.62 bits per heavy atom. The molecular formula is C11H13NO3S. The van der Waals surface area contributed by atoms with Crippen molar-refractivity contribution < 1.29 is 14.3 Å². The van der Waals surface area contributed by atoms with E-state index in [4.69, 9.17) is 9.52 Å². The van der Waals surface area contributed by atoms with E-state index >= 15 is 0 Å². The molecule has 1 aliphatic heterocycles. The van der Waals surface area contributed by atoms with E-state index < -0.39 is 5.97 Å². The molecule has 3 rings (SSSR count). The van der Waals surface area contributed by atoms with Crippen LogP contribution in [0.25, 0.3) is 0 Å².